The van der Waals surface area contributed by atoms with Crippen molar-refractivity contribution in [1.82, 2.24) is 0 Å². The maximum atomic E-state index is 13.4. The predicted octanol–water partition coefficient (Wildman–Crippen LogP) is 2.43. The minimum absolute atomic E-state index is 0.0210. The molecule has 0 aromatic heterocycles. The zero-order valence-corrected chi connectivity index (χ0v) is 10.8. The van der Waals surface area contributed by atoms with Crippen LogP contribution >= 0.6 is 0 Å². The third-order valence-electron chi connectivity index (χ3n) is 2.76. The minimum Gasteiger partial charge on any atom is -0.315 e. The molecule has 0 fully saturated rings. The van der Waals surface area contributed by atoms with Gasteiger partial charge in [-0.1, -0.05) is 30.3 Å². The van der Waals surface area contributed by atoms with Crippen LogP contribution < -0.4 is 10.2 Å². The standard InChI is InChI=1S/C15H13FN2O2/c1-18(11-7-3-2-4-8-11)15(20)14(19)17-13-10-6-5-9-12(13)16/h2-10H,1H3,(H,17,19). The number of carbonyl (C=O) groups excluding carboxylic acids is 2. The summed E-state index contributed by atoms with van der Waals surface area (Å²) in [5.41, 5.74) is 0.563. The van der Waals surface area contributed by atoms with Gasteiger partial charge in [-0.05, 0) is 24.3 Å². The lowest BCUT2D eigenvalue weighted by molar-refractivity contribution is -0.134. The fourth-order valence-electron chi connectivity index (χ4n) is 1.66. The molecule has 0 aliphatic carbocycles. The second-order valence-corrected chi connectivity index (χ2v) is 4.13. The molecule has 2 amide bonds. The van der Waals surface area contributed by atoms with Gasteiger partial charge in [0, 0.05) is 12.7 Å². The van der Waals surface area contributed by atoms with Gasteiger partial charge in [0.2, 0.25) is 0 Å². The van der Waals surface area contributed by atoms with Crippen LogP contribution in [0.5, 0.6) is 0 Å². The van der Waals surface area contributed by atoms with Crippen molar-refractivity contribution in [3.05, 3.63) is 60.4 Å². The summed E-state index contributed by atoms with van der Waals surface area (Å²) in [6.45, 7) is 0. The number of nitrogens with zero attached hydrogens (tertiary/aromatic N) is 1. The van der Waals surface area contributed by atoms with Gasteiger partial charge in [0.1, 0.15) is 5.82 Å². The quantitative estimate of drug-likeness (QED) is 0.854. The fourth-order valence-corrected chi connectivity index (χ4v) is 1.66. The van der Waals surface area contributed by atoms with E-state index in [1.807, 2.05) is 0 Å². The van der Waals surface area contributed by atoms with Crippen LogP contribution in [0.1, 0.15) is 0 Å². The van der Waals surface area contributed by atoms with Crippen LogP contribution in [0.4, 0.5) is 15.8 Å². The first-order chi connectivity index (χ1) is 9.59. The third-order valence-corrected chi connectivity index (χ3v) is 2.76. The number of para-hydroxylation sites is 2. The van der Waals surface area contributed by atoms with Gasteiger partial charge >= 0.3 is 11.8 Å². The molecule has 0 atom stereocenters. The number of rotatable bonds is 2. The van der Waals surface area contributed by atoms with Crippen LogP contribution in [0, 0.1) is 5.82 Å². The Hall–Kier alpha value is -2.69. The summed E-state index contributed by atoms with van der Waals surface area (Å²) in [5.74, 6) is -2.24. The number of halogens is 1. The van der Waals surface area contributed by atoms with E-state index >= 15 is 0 Å². The van der Waals surface area contributed by atoms with E-state index in [1.165, 1.54) is 30.1 Å². The first-order valence-corrected chi connectivity index (χ1v) is 5.98. The first kappa shape index (κ1) is 13.7. The molecular formula is C15H13FN2O2. The monoisotopic (exact) mass is 272 g/mol. The van der Waals surface area contributed by atoms with Gasteiger partial charge in [-0.3, -0.25) is 9.59 Å². The van der Waals surface area contributed by atoms with Crippen LogP contribution in [0.3, 0.4) is 0 Å². The number of likely N-dealkylation sites (N-methyl/N-ethyl adjacent to an activating group) is 1. The molecule has 0 spiro atoms. The van der Waals surface area contributed by atoms with Crippen molar-refractivity contribution in [3.63, 3.8) is 0 Å². The maximum Gasteiger partial charge on any atom is 0.316 e. The molecule has 2 rings (SSSR count). The molecule has 0 aliphatic rings. The topological polar surface area (TPSA) is 49.4 Å². The molecule has 0 heterocycles. The van der Waals surface area contributed by atoms with Gasteiger partial charge in [-0.25, -0.2) is 4.39 Å². The second-order valence-electron chi connectivity index (χ2n) is 4.13. The zero-order chi connectivity index (χ0) is 14.5. The first-order valence-electron chi connectivity index (χ1n) is 5.98. The molecule has 0 bridgehead atoms. The minimum atomic E-state index is -0.888. The number of hydrogen-bond donors (Lipinski definition) is 1. The Morgan fingerprint density at radius 3 is 2.25 bits per heavy atom. The van der Waals surface area contributed by atoms with Crippen LogP contribution in [-0.4, -0.2) is 18.9 Å². The Balaban J connectivity index is 2.10. The lowest BCUT2D eigenvalue weighted by Crippen LogP contribution is -2.37. The number of anilines is 2. The van der Waals surface area contributed by atoms with Crippen molar-refractivity contribution < 1.29 is 14.0 Å². The molecule has 102 valence electrons. The molecule has 0 saturated heterocycles. The summed E-state index contributed by atoms with van der Waals surface area (Å²) in [4.78, 5) is 25.0. The lowest BCUT2D eigenvalue weighted by Gasteiger charge is -2.16. The van der Waals surface area contributed by atoms with Crippen LogP contribution in [-0.2, 0) is 9.59 Å². The highest BCUT2D eigenvalue weighted by Crippen LogP contribution is 2.14. The van der Waals surface area contributed by atoms with Crippen molar-refractivity contribution in [2.75, 3.05) is 17.3 Å². The fraction of sp³-hybridized carbons (Fsp3) is 0.0667. The number of amides is 2. The summed E-state index contributed by atoms with van der Waals surface area (Å²) in [6, 6.07) is 14.4. The molecular weight excluding hydrogens is 259 g/mol. The highest BCUT2D eigenvalue weighted by atomic mass is 19.1. The van der Waals surface area contributed by atoms with Crippen molar-refractivity contribution in [3.8, 4) is 0 Å². The lowest BCUT2D eigenvalue weighted by atomic mass is 10.3. The summed E-state index contributed by atoms with van der Waals surface area (Å²) in [5, 5.41) is 2.26. The molecule has 2 aromatic carbocycles. The van der Waals surface area contributed by atoms with E-state index < -0.39 is 17.6 Å². The Kier molecular flexibility index (Phi) is 4.10. The Morgan fingerprint density at radius 2 is 1.60 bits per heavy atom. The number of nitrogens with one attached hydrogen (secondary N) is 1. The largest absolute Gasteiger partial charge is 0.316 e. The molecule has 2 aromatic rings. The molecule has 5 heteroatoms. The van der Waals surface area contributed by atoms with Gasteiger partial charge in [-0.15, -0.1) is 0 Å². The van der Waals surface area contributed by atoms with Crippen LogP contribution in [0.2, 0.25) is 0 Å². The molecule has 0 radical (unpaired) electrons. The molecule has 0 aliphatic heterocycles. The number of hydrogen-bond acceptors (Lipinski definition) is 2. The Bertz CT molecular complexity index is 629. The second kappa shape index (κ2) is 5.97. The van der Waals surface area contributed by atoms with Gasteiger partial charge in [0.25, 0.3) is 0 Å². The highest BCUT2D eigenvalue weighted by Gasteiger charge is 2.20. The Labute approximate surface area is 115 Å². The van der Waals surface area contributed by atoms with E-state index in [-0.39, 0.29) is 5.69 Å². The normalized spacial score (nSPS) is 9.90. The molecule has 0 unspecified atom stereocenters. The third kappa shape index (κ3) is 3.00. The van der Waals surface area contributed by atoms with Gasteiger partial charge in [0.05, 0.1) is 5.69 Å². The average molecular weight is 272 g/mol. The van der Waals surface area contributed by atoms with E-state index in [0.717, 1.165) is 0 Å². The highest BCUT2D eigenvalue weighted by molar-refractivity contribution is 6.44. The smallest absolute Gasteiger partial charge is 0.315 e. The van der Waals surface area contributed by atoms with Crippen molar-refractivity contribution in [2.45, 2.75) is 0 Å². The van der Waals surface area contributed by atoms with Crippen LogP contribution in [0.15, 0.2) is 54.6 Å². The number of carbonyl (C=O) groups is 2. The van der Waals surface area contributed by atoms with E-state index in [1.54, 1.807) is 36.4 Å². The van der Waals surface area contributed by atoms with Gasteiger partial charge in [-0.2, -0.15) is 0 Å². The Morgan fingerprint density at radius 1 is 1.00 bits per heavy atom. The molecule has 4 nitrogen and oxygen atoms in total. The van der Waals surface area contributed by atoms with Crippen LogP contribution in [0.25, 0.3) is 0 Å². The van der Waals surface area contributed by atoms with E-state index in [0.29, 0.717) is 5.69 Å². The van der Waals surface area contributed by atoms with E-state index in [9.17, 15) is 14.0 Å². The molecule has 1 N–H and O–H groups in total. The molecule has 20 heavy (non-hydrogen) atoms. The van der Waals surface area contributed by atoms with Crippen molar-refractivity contribution >= 4 is 23.2 Å². The number of benzene rings is 2. The summed E-state index contributed by atoms with van der Waals surface area (Å²) >= 11 is 0. The van der Waals surface area contributed by atoms with Crippen molar-refractivity contribution in [1.29, 1.82) is 0 Å². The zero-order valence-electron chi connectivity index (χ0n) is 10.8. The van der Waals surface area contributed by atoms with Gasteiger partial charge < -0.3 is 10.2 Å². The summed E-state index contributed by atoms with van der Waals surface area (Å²) in [6.07, 6.45) is 0. The van der Waals surface area contributed by atoms with E-state index in [4.69, 9.17) is 0 Å². The maximum absolute atomic E-state index is 13.4. The predicted molar refractivity (Wildman–Crippen MR) is 74.9 cm³/mol. The summed E-state index contributed by atoms with van der Waals surface area (Å²) in [7, 11) is 1.48. The van der Waals surface area contributed by atoms with Crippen molar-refractivity contribution in [2.24, 2.45) is 0 Å². The SMILES string of the molecule is CN(C(=O)C(=O)Nc1ccccc1F)c1ccccc1. The molecule has 0 saturated carbocycles. The van der Waals surface area contributed by atoms with Gasteiger partial charge in [0.15, 0.2) is 0 Å². The summed E-state index contributed by atoms with van der Waals surface area (Å²) < 4.78 is 13.4. The average Bonchev–Trinajstić information content (AvgIpc) is 2.49. The van der Waals surface area contributed by atoms with E-state index in [2.05, 4.69) is 5.32 Å².